The number of para-hydroxylation sites is 1. The molecule has 0 radical (unpaired) electrons. The Labute approximate surface area is 128 Å². The van der Waals surface area contributed by atoms with Crippen LogP contribution in [0.25, 0.3) is 0 Å². The van der Waals surface area contributed by atoms with Gasteiger partial charge in [0.25, 0.3) is 5.91 Å². The molecule has 1 aromatic heterocycles. The Hall–Kier alpha value is -2.76. The number of fused-ring (bicyclic) bond motifs is 1. The maximum Gasteiger partial charge on any atom is 0.319 e. The molecule has 1 unspecified atom stereocenters. The first-order chi connectivity index (χ1) is 10.6. The lowest BCUT2D eigenvalue weighted by Gasteiger charge is -2.33. The van der Waals surface area contributed by atoms with Crippen molar-refractivity contribution in [2.75, 3.05) is 18.9 Å². The number of anilines is 1. The zero-order chi connectivity index (χ0) is 15.5. The molecule has 22 heavy (non-hydrogen) atoms. The second kappa shape index (κ2) is 5.93. The SMILES string of the molecule is CN1C(=O)c2cccn2CC1CNC(=O)Nc1ccccc1. The lowest BCUT2D eigenvalue weighted by atomic mass is 10.2. The minimum atomic E-state index is -0.273. The molecule has 3 rings (SSSR count). The summed E-state index contributed by atoms with van der Waals surface area (Å²) in [7, 11) is 1.76. The van der Waals surface area contributed by atoms with Crippen LogP contribution in [-0.2, 0) is 6.54 Å². The van der Waals surface area contributed by atoms with E-state index in [1.807, 2.05) is 53.2 Å². The van der Waals surface area contributed by atoms with Crippen LogP contribution in [0.2, 0.25) is 0 Å². The van der Waals surface area contributed by atoms with Gasteiger partial charge in [0.2, 0.25) is 0 Å². The van der Waals surface area contributed by atoms with Gasteiger partial charge in [0.15, 0.2) is 0 Å². The first kappa shape index (κ1) is 14.2. The fourth-order valence-electron chi connectivity index (χ4n) is 2.57. The number of benzene rings is 1. The summed E-state index contributed by atoms with van der Waals surface area (Å²) in [6.45, 7) is 1.08. The molecule has 6 nitrogen and oxygen atoms in total. The van der Waals surface area contributed by atoms with Crippen LogP contribution in [0.15, 0.2) is 48.7 Å². The molecule has 114 valence electrons. The van der Waals surface area contributed by atoms with E-state index in [0.29, 0.717) is 18.8 Å². The molecule has 0 fully saturated rings. The summed E-state index contributed by atoms with van der Waals surface area (Å²) in [6, 6.07) is 12.6. The molecule has 0 spiro atoms. The van der Waals surface area contributed by atoms with Crippen molar-refractivity contribution in [3.8, 4) is 0 Å². The van der Waals surface area contributed by atoms with Gasteiger partial charge in [-0.2, -0.15) is 0 Å². The number of nitrogens with zero attached hydrogens (tertiary/aromatic N) is 2. The van der Waals surface area contributed by atoms with Crippen molar-refractivity contribution in [3.05, 3.63) is 54.4 Å². The van der Waals surface area contributed by atoms with Gasteiger partial charge in [0.05, 0.1) is 6.04 Å². The van der Waals surface area contributed by atoms with Crippen LogP contribution in [0, 0.1) is 0 Å². The number of urea groups is 1. The van der Waals surface area contributed by atoms with Crippen molar-refractivity contribution in [2.24, 2.45) is 0 Å². The second-order valence-corrected chi connectivity index (χ2v) is 5.32. The number of nitrogens with one attached hydrogen (secondary N) is 2. The Kier molecular flexibility index (Phi) is 3.82. The molecule has 0 saturated carbocycles. The number of carbonyl (C=O) groups is 2. The van der Waals surface area contributed by atoms with E-state index in [0.717, 1.165) is 5.69 Å². The first-order valence-electron chi connectivity index (χ1n) is 7.17. The average Bonchev–Trinajstić information content (AvgIpc) is 2.99. The molecule has 0 saturated heterocycles. The van der Waals surface area contributed by atoms with Crippen molar-refractivity contribution < 1.29 is 9.59 Å². The summed E-state index contributed by atoms with van der Waals surface area (Å²) in [5.41, 5.74) is 1.42. The predicted molar refractivity (Wildman–Crippen MR) is 83.8 cm³/mol. The number of likely N-dealkylation sites (N-methyl/N-ethyl adjacent to an activating group) is 1. The van der Waals surface area contributed by atoms with Crippen molar-refractivity contribution in [2.45, 2.75) is 12.6 Å². The van der Waals surface area contributed by atoms with Gasteiger partial charge in [-0.1, -0.05) is 18.2 Å². The van der Waals surface area contributed by atoms with Crippen LogP contribution in [0.5, 0.6) is 0 Å². The third kappa shape index (κ3) is 2.81. The molecule has 6 heteroatoms. The molecule has 1 atom stereocenters. The smallest absolute Gasteiger partial charge is 0.319 e. The second-order valence-electron chi connectivity index (χ2n) is 5.32. The Morgan fingerprint density at radius 2 is 2.00 bits per heavy atom. The zero-order valence-corrected chi connectivity index (χ0v) is 12.3. The normalized spacial score (nSPS) is 17.0. The number of hydrogen-bond acceptors (Lipinski definition) is 2. The Bertz CT molecular complexity index is 680. The molecule has 3 amide bonds. The quantitative estimate of drug-likeness (QED) is 0.907. The Morgan fingerprint density at radius 1 is 1.23 bits per heavy atom. The highest BCUT2D eigenvalue weighted by Crippen LogP contribution is 2.16. The van der Waals surface area contributed by atoms with Gasteiger partial charge in [-0.25, -0.2) is 4.79 Å². The summed E-state index contributed by atoms with van der Waals surface area (Å²) in [5, 5.41) is 5.58. The maximum atomic E-state index is 12.2. The summed E-state index contributed by atoms with van der Waals surface area (Å²) < 4.78 is 1.92. The van der Waals surface area contributed by atoms with Gasteiger partial charge >= 0.3 is 6.03 Å². The molecule has 0 bridgehead atoms. The summed E-state index contributed by atoms with van der Waals surface area (Å²) in [4.78, 5) is 25.8. The minimum absolute atomic E-state index is 0.0217. The van der Waals surface area contributed by atoms with Crippen molar-refractivity contribution in [1.29, 1.82) is 0 Å². The van der Waals surface area contributed by atoms with E-state index >= 15 is 0 Å². The lowest BCUT2D eigenvalue weighted by Crippen LogP contribution is -2.51. The average molecular weight is 298 g/mol. The van der Waals surface area contributed by atoms with Crippen LogP contribution < -0.4 is 10.6 Å². The first-order valence-corrected chi connectivity index (χ1v) is 7.17. The number of hydrogen-bond donors (Lipinski definition) is 2. The highest BCUT2D eigenvalue weighted by Gasteiger charge is 2.29. The summed E-state index contributed by atoms with van der Waals surface area (Å²) >= 11 is 0. The van der Waals surface area contributed by atoms with Crippen molar-refractivity contribution in [1.82, 2.24) is 14.8 Å². The Balaban J connectivity index is 1.58. The number of amides is 3. The molecule has 1 aliphatic rings. The highest BCUT2D eigenvalue weighted by molar-refractivity contribution is 5.93. The van der Waals surface area contributed by atoms with Crippen molar-refractivity contribution in [3.63, 3.8) is 0 Å². The molecule has 1 aliphatic heterocycles. The lowest BCUT2D eigenvalue weighted by molar-refractivity contribution is 0.0658. The summed E-state index contributed by atoms with van der Waals surface area (Å²) in [5.74, 6) is -0.0217. The van der Waals surface area contributed by atoms with Gasteiger partial charge in [0.1, 0.15) is 5.69 Å². The van der Waals surface area contributed by atoms with Crippen LogP contribution in [0.3, 0.4) is 0 Å². The monoisotopic (exact) mass is 298 g/mol. The van der Waals surface area contributed by atoms with Crippen LogP contribution in [-0.4, -0.2) is 41.0 Å². The standard InChI is InChI=1S/C16H18N4O2/c1-19-13(11-20-9-5-8-14(20)15(19)21)10-17-16(22)18-12-6-3-2-4-7-12/h2-9,13H,10-11H2,1H3,(H2,17,18,22). The van der Waals surface area contributed by atoms with E-state index in [1.165, 1.54) is 0 Å². The molecule has 2 heterocycles. The van der Waals surface area contributed by atoms with Gasteiger partial charge in [0, 0.05) is 32.0 Å². The van der Waals surface area contributed by atoms with Crippen LogP contribution in [0.4, 0.5) is 10.5 Å². The Morgan fingerprint density at radius 3 is 2.77 bits per heavy atom. The molecule has 0 aliphatic carbocycles. The molecule has 2 N–H and O–H groups in total. The van der Waals surface area contributed by atoms with Crippen LogP contribution >= 0.6 is 0 Å². The van der Waals surface area contributed by atoms with Gasteiger partial charge in [-0.15, -0.1) is 0 Å². The summed E-state index contributed by atoms with van der Waals surface area (Å²) in [6.07, 6.45) is 1.89. The van der Waals surface area contributed by atoms with Gasteiger partial charge in [-0.05, 0) is 24.3 Å². The van der Waals surface area contributed by atoms with Crippen LogP contribution in [0.1, 0.15) is 10.5 Å². The molecule has 2 aromatic rings. The van der Waals surface area contributed by atoms with Gasteiger partial charge in [-0.3, -0.25) is 4.79 Å². The van der Waals surface area contributed by atoms with E-state index in [4.69, 9.17) is 0 Å². The van der Waals surface area contributed by atoms with E-state index in [1.54, 1.807) is 11.9 Å². The van der Waals surface area contributed by atoms with Crippen molar-refractivity contribution >= 4 is 17.6 Å². The highest BCUT2D eigenvalue weighted by atomic mass is 16.2. The fraction of sp³-hybridized carbons (Fsp3) is 0.250. The number of carbonyl (C=O) groups excluding carboxylic acids is 2. The number of aromatic nitrogens is 1. The third-order valence-electron chi connectivity index (χ3n) is 3.85. The minimum Gasteiger partial charge on any atom is -0.341 e. The zero-order valence-electron chi connectivity index (χ0n) is 12.3. The molecular formula is C16H18N4O2. The number of rotatable bonds is 3. The topological polar surface area (TPSA) is 66.4 Å². The fourth-order valence-corrected chi connectivity index (χ4v) is 2.57. The largest absolute Gasteiger partial charge is 0.341 e. The molecular weight excluding hydrogens is 280 g/mol. The van der Waals surface area contributed by atoms with E-state index < -0.39 is 0 Å². The van der Waals surface area contributed by atoms with E-state index in [-0.39, 0.29) is 18.0 Å². The van der Waals surface area contributed by atoms with E-state index in [2.05, 4.69) is 10.6 Å². The maximum absolute atomic E-state index is 12.2. The van der Waals surface area contributed by atoms with Gasteiger partial charge < -0.3 is 20.1 Å². The molecule has 1 aromatic carbocycles. The predicted octanol–water partition coefficient (Wildman–Crippen LogP) is 1.76. The third-order valence-corrected chi connectivity index (χ3v) is 3.85. The van der Waals surface area contributed by atoms with E-state index in [9.17, 15) is 9.59 Å².